The summed E-state index contributed by atoms with van der Waals surface area (Å²) in [7, 11) is 3.37. The molecule has 0 saturated carbocycles. The van der Waals surface area contributed by atoms with Gasteiger partial charge in [-0.05, 0) is 68.0 Å². The van der Waals surface area contributed by atoms with Crippen molar-refractivity contribution in [2.75, 3.05) is 32.2 Å². The molecule has 0 radical (unpaired) electrons. The van der Waals surface area contributed by atoms with Crippen LogP contribution >= 0.6 is 0 Å². The molecule has 0 amide bonds. The Balaban J connectivity index is 1.59. The Morgan fingerprint density at radius 1 is 0.932 bits per heavy atom. The average molecular weight is 597 g/mol. The summed E-state index contributed by atoms with van der Waals surface area (Å²) < 4.78 is 13.6. The van der Waals surface area contributed by atoms with Crippen LogP contribution in [0.5, 0.6) is 11.5 Å². The number of methoxy groups -OCH3 is 2. The molecule has 44 heavy (non-hydrogen) atoms. The maximum atomic E-state index is 13.8. The Morgan fingerprint density at radius 2 is 1.64 bits per heavy atom. The van der Waals surface area contributed by atoms with Gasteiger partial charge in [-0.25, -0.2) is 0 Å². The molecule has 6 heteroatoms. The van der Waals surface area contributed by atoms with Crippen molar-refractivity contribution in [1.82, 2.24) is 0 Å². The predicted molar refractivity (Wildman–Crippen MR) is 176 cm³/mol. The van der Waals surface area contributed by atoms with Crippen LogP contribution in [0.1, 0.15) is 79.4 Å². The highest BCUT2D eigenvalue weighted by Crippen LogP contribution is 2.51. The lowest BCUT2D eigenvalue weighted by molar-refractivity contribution is -0.439. The highest BCUT2D eigenvalue weighted by molar-refractivity contribution is 6.24. The summed E-state index contributed by atoms with van der Waals surface area (Å²) in [6.45, 7) is 19.1. The van der Waals surface area contributed by atoms with E-state index in [0.29, 0.717) is 11.8 Å². The summed E-state index contributed by atoms with van der Waals surface area (Å²) >= 11 is 0. The van der Waals surface area contributed by atoms with E-state index in [1.807, 2.05) is 30.4 Å². The van der Waals surface area contributed by atoms with Crippen molar-refractivity contribution in [2.24, 2.45) is 11.8 Å². The second-order valence-electron chi connectivity index (χ2n) is 14.2. The fraction of sp³-hybridized carbons (Fsp3) is 0.474. The van der Waals surface area contributed by atoms with Crippen LogP contribution in [-0.2, 0) is 15.6 Å². The van der Waals surface area contributed by atoms with E-state index in [1.165, 1.54) is 0 Å². The van der Waals surface area contributed by atoms with E-state index in [9.17, 15) is 9.90 Å². The first-order valence-electron chi connectivity index (χ1n) is 15.9. The van der Waals surface area contributed by atoms with E-state index in [1.54, 1.807) is 14.2 Å². The minimum atomic E-state index is -0.442. The van der Waals surface area contributed by atoms with Crippen molar-refractivity contribution in [3.05, 3.63) is 82.3 Å². The highest BCUT2D eigenvalue weighted by Gasteiger charge is 2.48. The third-order valence-corrected chi connectivity index (χ3v) is 9.57. The maximum absolute atomic E-state index is 13.8. The van der Waals surface area contributed by atoms with Gasteiger partial charge < -0.3 is 19.5 Å². The van der Waals surface area contributed by atoms with E-state index >= 15 is 0 Å². The molecule has 0 saturated heterocycles. The van der Waals surface area contributed by atoms with E-state index in [0.717, 1.165) is 71.3 Å². The number of ether oxygens (including phenoxy) is 2. The fourth-order valence-electron chi connectivity index (χ4n) is 6.86. The molecule has 0 spiro atoms. The number of carbonyl (C=O) groups is 1. The second kappa shape index (κ2) is 11.6. The zero-order valence-electron chi connectivity index (χ0n) is 28.1. The molecule has 2 heterocycles. The molecule has 0 aromatic heterocycles. The van der Waals surface area contributed by atoms with E-state index in [4.69, 9.17) is 9.47 Å². The van der Waals surface area contributed by atoms with Crippen molar-refractivity contribution >= 4 is 22.9 Å². The predicted octanol–water partition coefficient (Wildman–Crippen LogP) is 6.98. The standard InChI is InChI=1S/C38H48N2O4/c1-23(2)16-18-39-29-15-14-25(43-9)20-28(29)37(5,6)32(39)21-26-35(41)27(36(26)42)22-33-38(7,8)34-30(12-11-13-31(34)44-10)40(33)19-17-24(3)4/h11-15,20-24H,16-19H2,1-10H3. The molecular weight excluding hydrogens is 548 g/mol. The van der Waals surface area contributed by atoms with Crippen LogP contribution in [-0.4, -0.2) is 43.4 Å². The Bertz CT molecular complexity index is 1620. The van der Waals surface area contributed by atoms with E-state index in [-0.39, 0.29) is 22.7 Å². The van der Waals surface area contributed by atoms with Gasteiger partial charge in [0.1, 0.15) is 18.0 Å². The number of hydrogen-bond donors (Lipinski definition) is 0. The Morgan fingerprint density at radius 3 is 2.25 bits per heavy atom. The van der Waals surface area contributed by atoms with Crippen molar-refractivity contribution in [2.45, 2.75) is 79.1 Å². The van der Waals surface area contributed by atoms with Gasteiger partial charge in [-0.1, -0.05) is 53.4 Å². The molecule has 2 aromatic rings. The summed E-state index contributed by atoms with van der Waals surface area (Å²) in [5.74, 6) is 2.27. The van der Waals surface area contributed by atoms with Crippen molar-refractivity contribution in [3.63, 3.8) is 0 Å². The molecule has 2 aliphatic heterocycles. The van der Waals surface area contributed by atoms with Crippen molar-refractivity contribution in [1.29, 1.82) is 0 Å². The van der Waals surface area contributed by atoms with Gasteiger partial charge in [0, 0.05) is 53.1 Å². The average Bonchev–Trinajstić information content (AvgIpc) is 3.33. The highest BCUT2D eigenvalue weighted by atomic mass is 16.5. The third kappa shape index (κ3) is 5.16. The second-order valence-corrected chi connectivity index (χ2v) is 14.2. The van der Waals surface area contributed by atoms with Crippen LogP contribution in [0.3, 0.4) is 0 Å². The van der Waals surface area contributed by atoms with E-state index < -0.39 is 10.8 Å². The zero-order valence-corrected chi connectivity index (χ0v) is 28.1. The molecule has 0 unspecified atom stereocenters. The third-order valence-electron chi connectivity index (χ3n) is 9.57. The molecule has 1 aliphatic carbocycles. The number of Topliss-reactive ketones (excluding diaryl/α,β-unsaturated/α-hetero) is 1. The van der Waals surface area contributed by atoms with Gasteiger partial charge in [0.25, 0.3) is 0 Å². The monoisotopic (exact) mass is 596 g/mol. The molecule has 0 bridgehead atoms. The number of nitrogens with zero attached hydrogens (tertiary/aromatic N) is 2. The summed E-state index contributed by atoms with van der Waals surface area (Å²) in [6.07, 6.45) is 5.68. The molecule has 0 fully saturated rings. The molecule has 0 atom stereocenters. The summed E-state index contributed by atoms with van der Waals surface area (Å²) in [5, 5.41) is 13.8. The first-order valence-corrected chi connectivity index (χ1v) is 15.9. The van der Waals surface area contributed by atoms with E-state index in [2.05, 4.69) is 83.1 Å². The minimum Gasteiger partial charge on any atom is -0.871 e. The smallest absolute Gasteiger partial charge is 0.213 e. The first kappa shape index (κ1) is 31.6. The van der Waals surface area contributed by atoms with Crippen LogP contribution in [0.15, 0.2) is 71.2 Å². The molecular formula is C38H48N2O4. The van der Waals surface area contributed by atoms with Crippen LogP contribution in [0.4, 0.5) is 11.4 Å². The van der Waals surface area contributed by atoms with Gasteiger partial charge in [-0.3, -0.25) is 4.79 Å². The number of rotatable bonds is 10. The Hall–Kier alpha value is -3.80. The van der Waals surface area contributed by atoms with Crippen LogP contribution in [0.2, 0.25) is 0 Å². The minimum absolute atomic E-state index is 0.189. The van der Waals surface area contributed by atoms with Crippen LogP contribution in [0, 0.1) is 11.8 Å². The molecule has 2 aromatic carbocycles. The van der Waals surface area contributed by atoms with Gasteiger partial charge in [0.05, 0.1) is 25.2 Å². The number of anilines is 1. The SMILES string of the molecule is COc1ccc2c(c1)C(C)(C)/C(=C\C1=C([O-])C(=C\C3=[N+](CCC(C)C)c4cccc(OC)c4C3(C)C)/C1=O)N2CCC(C)C. The zero-order chi connectivity index (χ0) is 32.1. The summed E-state index contributed by atoms with van der Waals surface area (Å²) in [4.78, 5) is 16.1. The molecule has 0 N–H and O–H groups in total. The van der Waals surface area contributed by atoms with Crippen molar-refractivity contribution in [3.8, 4) is 11.5 Å². The first-order chi connectivity index (χ1) is 20.7. The number of ketones is 1. The van der Waals surface area contributed by atoms with Gasteiger partial charge in [-0.2, -0.15) is 4.58 Å². The Kier molecular flexibility index (Phi) is 8.34. The van der Waals surface area contributed by atoms with Gasteiger partial charge in [0.2, 0.25) is 5.69 Å². The van der Waals surface area contributed by atoms with Gasteiger partial charge in [-0.15, -0.1) is 0 Å². The maximum Gasteiger partial charge on any atom is 0.213 e. The lowest BCUT2D eigenvalue weighted by atomic mass is 9.77. The lowest BCUT2D eigenvalue weighted by Crippen LogP contribution is -2.35. The van der Waals surface area contributed by atoms with Crippen LogP contribution in [0.25, 0.3) is 0 Å². The molecule has 5 rings (SSSR count). The number of allylic oxidation sites excluding steroid dienone is 5. The number of carbonyl (C=O) groups excluding carboxylic acids is 1. The van der Waals surface area contributed by atoms with Crippen molar-refractivity contribution < 1.29 is 24.0 Å². The largest absolute Gasteiger partial charge is 0.871 e. The Labute approximate surface area is 263 Å². The molecule has 3 aliphatic rings. The molecule has 6 nitrogen and oxygen atoms in total. The van der Waals surface area contributed by atoms with Gasteiger partial charge in [0.15, 0.2) is 11.5 Å². The summed E-state index contributed by atoms with van der Waals surface area (Å²) in [6, 6.07) is 12.2. The molecule has 234 valence electrons. The quantitative estimate of drug-likeness (QED) is 0.219. The van der Waals surface area contributed by atoms with Crippen LogP contribution < -0.4 is 19.5 Å². The number of fused-ring (bicyclic) bond motifs is 2. The topological polar surface area (TPSA) is 64.8 Å². The number of hydrogen-bond acceptors (Lipinski definition) is 5. The van der Waals surface area contributed by atoms with Gasteiger partial charge >= 0.3 is 0 Å². The fourth-order valence-corrected chi connectivity index (χ4v) is 6.86. The normalized spacial score (nSPS) is 20.3. The number of benzene rings is 2. The lowest BCUT2D eigenvalue weighted by Gasteiger charge is -2.33. The summed E-state index contributed by atoms with van der Waals surface area (Å²) in [5.41, 5.74) is 6.01.